The molecule has 1 atom stereocenters. The van der Waals surface area contributed by atoms with Gasteiger partial charge in [-0.05, 0) is 25.1 Å². The highest BCUT2D eigenvalue weighted by atomic mass is 16.2. The molecule has 1 amide bonds. The van der Waals surface area contributed by atoms with Crippen LogP contribution in [-0.2, 0) is 4.79 Å². The quantitative estimate of drug-likeness (QED) is 0.694. The molecular formula is C23H24N3O3+. The van der Waals surface area contributed by atoms with Crippen LogP contribution in [0.4, 0.5) is 5.69 Å². The third-order valence-electron chi connectivity index (χ3n) is 6.98. The third-order valence-corrected chi connectivity index (χ3v) is 6.98. The van der Waals surface area contributed by atoms with E-state index in [2.05, 4.69) is 10.2 Å². The first-order chi connectivity index (χ1) is 14.0. The molecule has 2 aromatic carbocycles. The third kappa shape index (κ3) is 2.82. The number of nitrogens with zero attached hydrogens (tertiary/aromatic N) is 2. The van der Waals surface area contributed by atoms with Crippen LogP contribution in [0.25, 0.3) is 0 Å². The second-order valence-corrected chi connectivity index (χ2v) is 8.36. The molecule has 2 aromatic rings. The van der Waals surface area contributed by atoms with E-state index < -0.39 is 0 Å². The molecule has 1 N–H and O–H groups in total. The summed E-state index contributed by atoms with van der Waals surface area (Å²) in [4.78, 5) is 41.1. The summed E-state index contributed by atoms with van der Waals surface area (Å²) in [5, 5.41) is 2.99. The lowest BCUT2D eigenvalue weighted by atomic mass is 9.84. The Hall–Kier alpha value is -2.83. The Morgan fingerprint density at radius 2 is 1.45 bits per heavy atom. The molecule has 29 heavy (non-hydrogen) atoms. The number of carbonyl (C=O) groups excluding carboxylic acids is 3. The van der Waals surface area contributed by atoms with Crippen molar-refractivity contribution in [1.29, 1.82) is 0 Å². The van der Waals surface area contributed by atoms with Crippen LogP contribution in [0, 0.1) is 0 Å². The van der Waals surface area contributed by atoms with Crippen molar-refractivity contribution in [2.75, 3.05) is 44.6 Å². The number of hydrogen-bond donors (Lipinski definition) is 1. The molecule has 3 aliphatic heterocycles. The number of hydrogen-bond acceptors (Lipinski definition) is 4. The summed E-state index contributed by atoms with van der Waals surface area (Å²) in [7, 11) is 0. The normalized spacial score (nSPS) is 25.9. The molecule has 3 saturated heterocycles. The predicted molar refractivity (Wildman–Crippen MR) is 109 cm³/mol. The SMILES string of the molecule is C[C@@H](C(=O)Nc1ccc2c(c1)C(=O)c1ccccc1C2=O)[N+]12CCN(CC1)CC2. The topological polar surface area (TPSA) is 66.5 Å². The van der Waals surface area contributed by atoms with Crippen LogP contribution < -0.4 is 5.32 Å². The molecule has 0 aromatic heterocycles. The number of nitrogens with one attached hydrogen (secondary N) is 1. The number of anilines is 1. The number of piperazine rings is 3. The van der Waals surface area contributed by atoms with E-state index in [0.717, 1.165) is 43.8 Å². The zero-order chi connectivity index (χ0) is 20.2. The summed E-state index contributed by atoms with van der Waals surface area (Å²) in [5.74, 6) is -0.352. The average Bonchev–Trinajstić information content (AvgIpc) is 2.78. The Kier molecular flexibility index (Phi) is 4.15. The van der Waals surface area contributed by atoms with Gasteiger partial charge in [0, 0.05) is 47.6 Å². The smallest absolute Gasteiger partial charge is 0.282 e. The fourth-order valence-corrected chi connectivity index (χ4v) is 4.95. The van der Waals surface area contributed by atoms with E-state index in [0.29, 0.717) is 27.9 Å². The summed E-state index contributed by atoms with van der Waals surface area (Å²) in [6.45, 7) is 8.15. The highest BCUT2D eigenvalue weighted by Gasteiger charge is 2.45. The van der Waals surface area contributed by atoms with Crippen LogP contribution in [0.2, 0.25) is 0 Å². The van der Waals surface area contributed by atoms with Gasteiger partial charge in [0.25, 0.3) is 5.91 Å². The highest BCUT2D eigenvalue weighted by Crippen LogP contribution is 2.30. The van der Waals surface area contributed by atoms with Gasteiger partial charge in [-0.3, -0.25) is 19.3 Å². The van der Waals surface area contributed by atoms with Crippen LogP contribution in [0.15, 0.2) is 42.5 Å². The predicted octanol–water partition coefficient (Wildman–Crippen LogP) is 1.94. The number of ketones is 2. The van der Waals surface area contributed by atoms with Gasteiger partial charge in [0.05, 0.1) is 19.6 Å². The molecule has 6 nitrogen and oxygen atoms in total. The maximum Gasteiger partial charge on any atom is 0.282 e. The Balaban J connectivity index is 1.40. The Morgan fingerprint density at radius 1 is 0.897 bits per heavy atom. The van der Waals surface area contributed by atoms with Crippen molar-refractivity contribution >= 4 is 23.2 Å². The van der Waals surface area contributed by atoms with E-state index in [1.54, 1.807) is 42.5 Å². The van der Waals surface area contributed by atoms with Gasteiger partial charge in [-0.25, -0.2) is 0 Å². The maximum absolute atomic E-state index is 13.0. The molecule has 0 radical (unpaired) electrons. The standard InChI is InChI=1S/C23H23N3O3/c1-15(26-11-8-25(9-12-26)10-13-26)23(29)24-16-6-7-19-20(14-16)22(28)18-5-3-2-4-17(18)21(19)27/h2-7,14-15H,8-13H2,1H3/p+1/t15-/m0/s1. The minimum Gasteiger partial charge on any atom is -0.321 e. The molecule has 148 valence electrons. The van der Waals surface area contributed by atoms with E-state index in [4.69, 9.17) is 0 Å². The van der Waals surface area contributed by atoms with Crippen molar-refractivity contribution in [3.05, 3.63) is 64.7 Å². The summed E-state index contributed by atoms with van der Waals surface area (Å²) < 4.78 is 0.831. The average molecular weight is 390 g/mol. The van der Waals surface area contributed by atoms with Gasteiger partial charge in [-0.2, -0.15) is 0 Å². The first kappa shape index (κ1) is 18.2. The largest absolute Gasteiger partial charge is 0.321 e. The van der Waals surface area contributed by atoms with Crippen molar-refractivity contribution < 1.29 is 18.9 Å². The lowest BCUT2D eigenvalue weighted by Crippen LogP contribution is -2.72. The minimum absolute atomic E-state index is 0.0321. The van der Waals surface area contributed by atoms with Crippen LogP contribution >= 0.6 is 0 Å². The summed E-state index contributed by atoms with van der Waals surface area (Å²) in [6.07, 6.45) is 0. The van der Waals surface area contributed by atoms with Crippen molar-refractivity contribution in [2.45, 2.75) is 13.0 Å². The van der Waals surface area contributed by atoms with E-state index in [-0.39, 0.29) is 23.5 Å². The number of rotatable bonds is 3. The first-order valence-corrected chi connectivity index (χ1v) is 10.2. The molecule has 2 bridgehead atoms. The van der Waals surface area contributed by atoms with E-state index >= 15 is 0 Å². The molecule has 1 aliphatic carbocycles. The zero-order valence-corrected chi connectivity index (χ0v) is 16.5. The Morgan fingerprint density at radius 3 is 2.07 bits per heavy atom. The fraction of sp³-hybridized carbons (Fsp3) is 0.348. The second-order valence-electron chi connectivity index (χ2n) is 8.36. The van der Waals surface area contributed by atoms with Gasteiger partial charge in [0.2, 0.25) is 0 Å². The second kappa shape index (κ2) is 6.61. The molecule has 0 saturated carbocycles. The van der Waals surface area contributed by atoms with Crippen LogP contribution in [0.5, 0.6) is 0 Å². The van der Waals surface area contributed by atoms with Crippen molar-refractivity contribution in [3.63, 3.8) is 0 Å². The lowest BCUT2D eigenvalue weighted by molar-refractivity contribution is -0.953. The van der Waals surface area contributed by atoms with Crippen molar-refractivity contribution in [2.24, 2.45) is 0 Å². The molecule has 3 heterocycles. The van der Waals surface area contributed by atoms with Crippen LogP contribution in [-0.4, -0.2) is 72.2 Å². The Labute approximate surface area is 169 Å². The van der Waals surface area contributed by atoms with Gasteiger partial charge in [-0.15, -0.1) is 0 Å². The van der Waals surface area contributed by atoms with Crippen LogP contribution in [0.3, 0.4) is 0 Å². The van der Waals surface area contributed by atoms with Gasteiger partial charge < -0.3 is 9.80 Å². The van der Waals surface area contributed by atoms with Gasteiger partial charge in [0.15, 0.2) is 17.6 Å². The highest BCUT2D eigenvalue weighted by molar-refractivity contribution is 6.28. The molecule has 0 unspecified atom stereocenters. The number of amides is 1. The first-order valence-electron chi connectivity index (χ1n) is 10.2. The maximum atomic E-state index is 13.0. The van der Waals surface area contributed by atoms with Gasteiger partial charge in [-0.1, -0.05) is 24.3 Å². The molecule has 0 spiro atoms. The van der Waals surface area contributed by atoms with Crippen molar-refractivity contribution in [1.82, 2.24) is 4.90 Å². The molecular weight excluding hydrogens is 366 g/mol. The minimum atomic E-state index is -0.173. The summed E-state index contributed by atoms with van der Waals surface area (Å²) in [5.41, 5.74) is 2.18. The Bertz CT molecular complexity index is 1020. The fourth-order valence-electron chi connectivity index (χ4n) is 4.95. The number of quaternary nitrogens is 1. The molecule has 6 rings (SSSR count). The molecule has 6 heteroatoms. The van der Waals surface area contributed by atoms with E-state index in [1.165, 1.54) is 0 Å². The number of fused-ring (bicyclic) bond motifs is 5. The monoisotopic (exact) mass is 390 g/mol. The lowest BCUT2D eigenvalue weighted by Gasteiger charge is -2.52. The molecule has 3 fully saturated rings. The van der Waals surface area contributed by atoms with Crippen LogP contribution in [0.1, 0.15) is 38.8 Å². The summed E-state index contributed by atoms with van der Waals surface area (Å²) in [6, 6.07) is 11.7. The van der Waals surface area contributed by atoms with Gasteiger partial charge in [0.1, 0.15) is 0 Å². The van der Waals surface area contributed by atoms with E-state index in [1.807, 2.05) is 6.92 Å². The number of carbonyl (C=O) groups is 3. The number of benzene rings is 2. The summed E-state index contributed by atoms with van der Waals surface area (Å²) >= 11 is 0. The molecule has 4 aliphatic rings. The van der Waals surface area contributed by atoms with Crippen molar-refractivity contribution in [3.8, 4) is 0 Å². The van der Waals surface area contributed by atoms with E-state index in [9.17, 15) is 14.4 Å². The zero-order valence-electron chi connectivity index (χ0n) is 16.5. The van der Waals surface area contributed by atoms with Gasteiger partial charge >= 0.3 is 0 Å².